The van der Waals surface area contributed by atoms with Gasteiger partial charge in [0.15, 0.2) is 5.16 Å². The summed E-state index contributed by atoms with van der Waals surface area (Å²) < 4.78 is 5.76. The number of nitrogens with one attached hydrogen (secondary N) is 1. The average Bonchev–Trinajstić information content (AvgIpc) is 2.89. The minimum absolute atomic E-state index is 0.00900. The van der Waals surface area contributed by atoms with E-state index >= 15 is 0 Å². The Labute approximate surface area is 151 Å². The van der Waals surface area contributed by atoms with E-state index in [0.29, 0.717) is 5.92 Å². The van der Waals surface area contributed by atoms with Crippen LogP contribution in [0.25, 0.3) is 10.2 Å². The van der Waals surface area contributed by atoms with E-state index in [-0.39, 0.29) is 11.7 Å². The molecule has 0 saturated carbocycles. The van der Waals surface area contributed by atoms with Crippen molar-refractivity contribution in [2.45, 2.75) is 64.1 Å². The van der Waals surface area contributed by atoms with Crippen molar-refractivity contribution in [3.63, 3.8) is 0 Å². The summed E-state index contributed by atoms with van der Waals surface area (Å²) in [5, 5.41) is 1.52. The van der Waals surface area contributed by atoms with Crippen molar-refractivity contribution >= 4 is 33.3 Å². The van der Waals surface area contributed by atoms with Gasteiger partial charge < -0.3 is 9.72 Å². The zero-order chi connectivity index (χ0) is 17.1. The van der Waals surface area contributed by atoms with Gasteiger partial charge in [-0.25, -0.2) is 4.98 Å². The molecule has 0 radical (unpaired) electrons. The van der Waals surface area contributed by atoms with E-state index in [0.717, 1.165) is 53.4 Å². The summed E-state index contributed by atoms with van der Waals surface area (Å²) in [5.74, 6) is 1.44. The average molecular weight is 367 g/mol. The molecule has 2 aromatic heterocycles. The molecule has 2 atom stereocenters. The number of thiophene rings is 1. The van der Waals surface area contributed by atoms with Crippen LogP contribution in [0.15, 0.2) is 9.95 Å². The molecule has 2 aromatic rings. The number of ether oxygens (including phenoxy) is 1. The smallest absolute Gasteiger partial charge is 0.260 e. The number of fused-ring (bicyclic) bond motifs is 1. The second-order valence-corrected chi connectivity index (χ2v) is 8.92. The Kier molecular flexibility index (Phi) is 6.00. The van der Waals surface area contributed by atoms with Crippen LogP contribution < -0.4 is 5.56 Å². The third kappa shape index (κ3) is 4.03. The highest BCUT2D eigenvalue weighted by Gasteiger charge is 2.18. The fourth-order valence-electron chi connectivity index (χ4n) is 3.07. The number of H-pyrrole nitrogens is 1. The first-order valence-corrected chi connectivity index (χ1v) is 10.6. The molecule has 24 heavy (non-hydrogen) atoms. The van der Waals surface area contributed by atoms with E-state index in [9.17, 15) is 4.79 Å². The molecule has 2 unspecified atom stereocenters. The van der Waals surface area contributed by atoms with Crippen molar-refractivity contribution in [2.75, 3.05) is 12.4 Å². The minimum Gasteiger partial charge on any atom is -0.377 e. The molecule has 0 aromatic carbocycles. The second kappa shape index (κ2) is 8.02. The number of thioether (sulfide) groups is 1. The van der Waals surface area contributed by atoms with Gasteiger partial charge in [-0.15, -0.1) is 11.3 Å². The predicted molar refractivity (Wildman–Crippen MR) is 102 cm³/mol. The zero-order valence-corrected chi connectivity index (χ0v) is 16.3. The number of hydrogen-bond donors (Lipinski definition) is 1. The van der Waals surface area contributed by atoms with E-state index in [1.165, 1.54) is 16.9 Å². The lowest BCUT2D eigenvalue weighted by Crippen LogP contribution is -2.21. The van der Waals surface area contributed by atoms with E-state index in [1.807, 2.05) is 0 Å². The maximum absolute atomic E-state index is 12.6. The Morgan fingerprint density at radius 3 is 3.00 bits per heavy atom. The Morgan fingerprint density at radius 2 is 2.29 bits per heavy atom. The minimum atomic E-state index is 0.00900. The molecular formula is C18H26N2O2S2. The number of rotatable bonds is 6. The monoisotopic (exact) mass is 366 g/mol. The molecule has 0 amide bonds. The fraction of sp³-hybridized carbons (Fsp3) is 0.667. The van der Waals surface area contributed by atoms with E-state index < -0.39 is 0 Å². The lowest BCUT2D eigenvalue weighted by molar-refractivity contribution is 0.0315. The first kappa shape index (κ1) is 18.0. The SMILES string of the molecule is CCC(C)Cc1c(C)sc2nc(SCC3CCCCO3)[nH]c(=O)c12. The molecule has 0 aliphatic carbocycles. The Bertz CT molecular complexity index is 747. The second-order valence-electron chi connectivity index (χ2n) is 6.71. The van der Waals surface area contributed by atoms with Crippen molar-refractivity contribution < 1.29 is 4.74 Å². The van der Waals surface area contributed by atoms with Gasteiger partial charge in [-0.1, -0.05) is 32.0 Å². The van der Waals surface area contributed by atoms with Gasteiger partial charge in [0.2, 0.25) is 0 Å². The third-order valence-electron chi connectivity index (χ3n) is 4.77. The molecule has 3 heterocycles. The summed E-state index contributed by atoms with van der Waals surface area (Å²) >= 11 is 3.25. The summed E-state index contributed by atoms with van der Waals surface area (Å²) in [5.41, 5.74) is 1.19. The van der Waals surface area contributed by atoms with Crippen molar-refractivity contribution in [1.29, 1.82) is 0 Å². The van der Waals surface area contributed by atoms with Gasteiger partial charge in [0.25, 0.3) is 5.56 Å². The predicted octanol–water partition coefficient (Wildman–Crippen LogP) is 4.54. The van der Waals surface area contributed by atoms with Crippen molar-refractivity contribution in [3.8, 4) is 0 Å². The van der Waals surface area contributed by atoms with Crippen LogP contribution in [0.5, 0.6) is 0 Å². The molecule has 1 N–H and O–H groups in total. The van der Waals surface area contributed by atoms with Crippen LogP contribution in [0.2, 0.25) is 0 Å². The van der Waals surface area contributed by atoms with Gasteiger partial charge >= 0.3 is 0 Å². The summed E-state index contributed by atoms with van der Waals surface area (Å²) in [7, 11) is 0. The molecule has 0 bridgehead atoms. The first-order chi connectivity index (χ1) is 11.6. The van der Waals surface area contributed by atoms with Crippen LogP contribution in [0.1, 0.15) is 50.0 Å². The Balaban J connectivity index is 1.81. The van der Waals surface area contributed by atoms with E-state index in [2.05, 4.69) is 25.8 Å². The molecule has 3 rings (SSSR count). The van der Waals surface area contributed by atoms with Crippen molar-refractivity contribution in [3.05, 3.63) is 20.8 Å². The van der Waals surface area contributed by atoms with Crippen LogP contribution >= 0.6 is 23.1 Å². The van der Waals surface area contributed by atoms with Crippen LogP contribution in [-0.2, 0) is 11.2 Å². The molecule has 4 nitrogen and oxygen atoms in total. The highest BCUT2D eigenvalue weighted by atomic mass is 32.2. The van der Waals surface area contributed by atoms with Gasteiger partial charge in [0.05, 0.1) is 11.5 Å². The number of aryl methyl sites for hydroxylation is 1. The quantitative estimate of drug-likeness (QED) is 0.602. The van der Waals surface area contributed by atoms with Crippen LogP contribution in [-0.4, -0.2) is 28.4 Å². The molecule has 1 fully saturated rings. The van der Waals surface area contributed by atoms with Crippen molar-refractivity contribution in [2.24, 2.45) is 5.92 Å². The Hall–Kier alpha value is -0.850. The van der Waals surface area contributed by atoms with Crippen LogP contribution in [0.4, 0.5) is 0 Å². The largest absolute Gasteiger partial charge is 0.377 e. The van der Waals surface area contributed by atoms with E-state index in [1.54, 1.807) is 23.1 Å². The van der Waals surface area contributed by atoms with Gasteiger partial charge in [-0.05, 0) is 44.1 Å². The lowest BCUT2D eigenvalue weighted by atomic mass is 9.98. The van der Waals surface area contributed by atoms with Gasteiger partial charge in [0.1, 0.15) is 4.83 Å². The third-order valence-corrected chi connectivity index (χ3v) is 6.82. The van der Waals surface area contributed by atoms with Crippen LogP contribution in [0, 0.1) is 12.8 Å². The molecule has 1 saturated heterocycles. The maximum atomic E-state index is 12.6. The molecular weight excluding hydrogens is 340 g/mol. The highest BCUT2D eigenvalue weighted by molar-refractivity contribution is 7.99. The first-order valence-electron chi connectivity index (χ1n) is 8.85. The molecule has 132 valence electrons. The maximum Gasteiger partial charge on any atom is 0.260 e. The highest BCUT2D eigenvalue weighted by Crippen LogP contribution is 2.31. The normalized spacial score (nSPS) is 19.7. The molecule has 6 heteroatoms. The van der Waals surface area contributed by atoms with Crippen LogP contribution in [0.3, 0.4) is 0 Å². The Morgan fingerprint density at radius 1 is 1.46 bits per heavy atom. The summed E-state index contributed by atoms with van der Waals surface area (Å²) in [6.45, 7) is 7.39. The summed E-state index contributed by atoms with van der Waals surface area (Å²) in [4.78, 5) is 22.4. The molecule has 1 aliphatic rings. The van der Waals surface area contributed by atoms with Gasteiger partial charge in [-0.2, -0.15) is 0 Å². The molecule has 0 spiro atoms. The summed E-state index contributed by atoms with van der Waals surface area (Å²) in [6.07, 6.45) is 5.87. The lowest BCUT2D eigenvalue weighted by Gasteiger charge is -2.21. The summed E-state index contributed by atoms with van der Waals surface area (Å²) in [6, 6.07) is 0. The fourth-order valence-corrected chi connectivity index (χ4v) is 5.11. The number of aromatic amines is 1. The zero-order valence-electron chi connectivity index (χ0n) is 14.7. The van der Waals surface area contributed by atoms with Gasteiger partial charge in [-0.3, -0.25) is 4.79 Å². The van der Waals surface area contributed by atoms with E-state index in [4.69, 9.17) is 9.72 Å². The number of hydrogen-bond acceptors (Lipinski definition) is 5. The number of nitrogens with zero attached hydrogens (tertiary/aromatic N) is 1. The topological polar surface area (TPSA) is 55.0 Å². The van der Waals surface area contributed by atoms with Crippen molar-refractivity contribution in [1.82, 2.24) is 9.97 Å². The molecule has 1 aliphatic heterocycles. The van der Waals surface area contributed by atoms with Gasteiger partial charge in [0, 0.05) is 17.2 Å². The number of aromatic nitrogens is 2. The standard InChI is InChI=1S/C18H26N2O2S2/c1-4-11(2)9-14-12(3)24-17-15(14)16(21)19-18(20-17)23-10-13-7-5-6-8-22-13/h11,13H,4-10H2,1-3H3,(H,19,20,21).